The molecule has 0 saturated heterocycles. The van der Waals surface area contributed by atoms with E-state index in [9.17, 15) is 9.59 Å². The monoisotopic (exact) mass is 330 g/mol. The Kier molecular flexibility index (Phi) is 2.86. The largest absolute Gasteiger partial charge is 0.289 e. The SMILES string of the molecule is O=C1c2ccccc2C(=O)c2c1ccc1c(C(Cl)Cl)[nH]nc21. The molecule has 0 atom stereocenters. The second-order valence-electron chi connectivity index (χ2n) is 5.03. The van der Waals surface area contributed by atoms with Crippen molar-refractivity contribution in [3.8, 4) is 0 Å². The molecule has 1 aromatic heterocycles. The van der Waals surface area contributed by atoms with Crippen LogP contribution in [-0.4, -0.2) is 21.8 Å². The van der Waals surface area contributed by atoms with Gasteiger partial charge in [0.25, 0.3) is 0 Å². The fourth-order valence-corrected chi connectivity index (χ4v) is 3.18. The van der Waals surface area contributed by atoms with Crippen LogP contribution in [0.4, 0.5) is 0 Å². The molecule has 108 valence electrons. The number of aromatic amines is 1. The number of carbonyl (C=O) groups excluding carboxylic acids is 2. The predicted octanol–water partition coefficient (Wildman–Crippen LogP) is 3.81. The highest BCUT2D eigenvalue weighted by molar-refractivity contribution is 6.44. The van der Waals surface area contributed by atoms with Crippen LogP contribution in [-0.2, 0) is 0 Å². The Morgan fingerprint density at radius 3 is 2.27 bits per heavy atom. The minimum atomic E-state index is -0.787. The van der Waals surface area contributed by atoms with Crippen LogP contribution in [0, 0.1) is 0 Å². The van der Waals surface area contributed by atoms with Gasteiger partial charge < -0.3 is 0 Å². The van der Waals surface area contributed by atoms with Crippen molar-refractivity contribution in [2.45, 2.75) is 4.84 Å². The fraction of sp³-hybridized carbons (Fsp3) is 0.0625. The first-order valence-electron chi connectivity index (χ1n) is 6.57. The molecule has 0 aliphatic heterocycles. The molecule has 0 bridgehead atoms. The summed E-state index contributed by atoms with van der Waals surface area (Å²) >= 11 is 11.8. The van der Waals surface area contributed by atoms with E-state index in [4.69, 9.17) is 23.2 Å². The Labute approximate surface area is 135 Å². The average Bonchev–Trinajstić information content (AvgIpc) is 2.96. The third kappa shape index (κ3) is 1.68. The summed E-state index contributed by atoms with van der Waals surface area (Å²) in [4.78, 5) is 24.6. The maximum atomic E-state index is 12.8. The minimum absolute atomic E-state index is 0.176. The smallest absolute Gasteiger partial charge is 0.196 e. The molecular formula is C16H8Cl2N2O2. The van der Waals surface area contributed by atoms with Crippen LogP contribution >= 0.6 is 23.2 Å². The molecule has 0 unspecified atom stereocenters. The topological polar surface area (TPSA) is 62.8 Å². The van der Waals surface area contributed by atoms with E-state index in [1.807, 2.05) is 0 Å². The van der Waals surface area contributed by atoms with E-state index in [1.165, 1.54) is 0 Å². The number of hydrogen-bond donors (Lipinski definition) is 1. The second kappa shape index (κ2) is 4.66. The number of hydrogen-bond acceptors (Lipinski definition) is 3. The van der Waals surface area contributed by atoms with Crippen molar-refractivity contribution in [2.75, 3.05) is 0 Å². The van der Waals surface area contributed by atoms with Gasteiger partial charge in [0.1, 0.15) is 10.4 Å². The van der Waals surface area contributed by atoms with Crippen molar-refractivity contribution in [2.24, 2.45) is 0 Å². The summed E-state index contributed by atoms with van der Waals surface area (Å²) in [5, 5.41) is 7.54. The first-order chi connectivity index (χ1) is 10.6. The highest BCUT2D eigenvalue weighted by Gasteiger charge is 2.32. The van der Waals surface area contributed by atoms with Crippen LogP contribution in [0.3, 0.4) is 0 Å². The summed E-state index contributed by atoms with van der Waals surface area (Å²) in [5.41, 5.74) is 2.41. The highest BCUT2D eigenvalue weighted by atomic mass is 35.5. The molecule has 0 amide bonds. The fourth-order valence-electron chi connectivity index (χ4n) is 2.85. The van der Waals surface area contributed by atoms with Gasteiger partial charge >= 0.3 is 0 Å². The van der Waals surface area contributed by atoms with Gasteiger partial charge in [-0.15, -0.1) is 0 Å². The van der Waals surface area contributed by atoms with Gasteiger partial charge in [-0.3, -0.25) is 14.7 Å². The second-order valence-corrected chi connectivity index (χ2v) is 6.12. The maximum Gasteiger partial charge on any atom is 0.196 e. The number of carbonyl (C=O) groups is 2. The third-order valence-electron chi connectivity index (χ3n) is 3.86. The van der Waals surface area contributed by atoms with Crippen LogP contribution in [0.2, 0.25) is 0 Å². The van der Waals surface area contributed by atoms with Gasteiger partial charge in [-0.05, 0) is 6.07 Å². The normalized spacial score (nSPS) is 13.6. The van der Waals surface area contributed by atoms with E-state index in [-0.39, 0.29) is 11.6 Å². The first-order valence-corrected chi connectivity index (χ1v) is 7.44. The summed E-state index contributed by atoms with van der Waals surface area (Å²) in [7, 11) is 0. The molecule has 0 radical (unpaired) electrons. The zero-order valence-corrected chi connectivity index (χ0v) is 12.6. The first kappa shape index (κ1) is 13.5. The van der Waals surface area contributed by atoms with E-state index in [1.54, 1.807) is 36.4 Å². The van der Waals surface area contributed by atoms with E-state index in [0.717, 1.165) is 0 Å². The molecule has 1 aliphatic rings. The maximum absolute atomic E-state index is 12.8. The number of benzene rings is 2. The van der Waals surface area contributed by atoms with Gasteiger partial charge in [0, 0.05) is 22.1 Å². The lowest BCUT2D eigenvalue weighted by atomic mass is 9.83. The van der Waals surface area contributed by atoms with Gasteiger partial charge in [-0.2, -0.15) is 5.10 Å². The molecule has 2 aromatic carbocycles. The van der Waals surface area contributed by atoms with Crippen molar-refractivity contribution in [3.63, 3.8) is 0 Å². The lowest BCUT2D eigenvalue weighted by Gasteiger charge is -2.17. The molecule has 1 N–H and O–H groups in total. The standard InChI is InChI=1S/C16H8Cl2N2O2/c17-16(18)13-10-6-5-9-11(12(10)19-20-13)15(22)8-4-2-1-3-7(8)14(9)21/h1-6,16H,(H,19,20). The third-order valence-corrected chi connectivity index (χ3v) is 4.30. The number of ketones is 2. The van der Waals surface area contributed by atoms with Gasteiger partial charge in [0.2, 0.25) is 0 Å². The Balaban J connectivity index is 2.07. The van der Waals surface area contributed by atoms with Crippen LogP contribution in [0.5, 0.6) is 0 Å². The highest BCUT2D eigenvalue weighted by Crippen LogP contribution is 2.35. The molecule has 22 heavy (non-hydrogen) atoms. The molecule has 1 aliphatic carbocycles. The van der Waals surface area contributed by atoms with Crippen molar-refractivity contribution in [3.05, 3.63) is 64.3 Å². The molecule has 1 heterocycles. The molecule has 4 rings (SSSR count). The van der Waals surface area contributed by atoms with Crippen molar-refractivity contribution in [1.29, 1.82) is 0 Å². The molecule has 6 heteroatoms. The molecule has 4 nitrogen and oxygen atoms in total. The quantitative estimate of drug-likeness (QED) is 0.540. The number of nitrogens with zero attached hydrogens (tertiary/aromatic N) is 1. The van der Waals surface area contributed by atoms with Gasteiger partial charge in [-0.1, -0.05) is 53.5 Å². The Morgan fingerprint density at radius 1 is 0.909 bits per heavy atom. The summed E-state index contributed by atoms with van der Waals surface area (Å²) in [6.07, 6.45) is 0. The van der Waals surface area contributed by atoms with Crippen molar-refractivity contribution in [1.82, 2.24) is 10.2 Å². The summed E-state index contributed by atoms with van der Waals surface area (Å²) in [5.74, 6) is -0.389. The molecule has 3 aromatic rings. The Morgan fingerprint density at radius 2 is 1.59 bits per heavy atom. The van der Waals surface area contributed by atoms with Gasteiger partial charge in [-0.25, -0.2) is 0 Å². The molecule has 0 spiro atoms. The number of fused-ring (bicyclic) bond motifs is 4. The van der Waals surface area contributed by atoms with Crippen LogP contribution in [0.1, 0.15) is 42.4 Å². The lowest BCUT2D eigenvalue weighted by molar-refractivity contribution is 0.0980. The lowest BCUT2D eigenvalue weighted by Crippen LogP contribution is -2.21. The number of alkyl halides is 2. The summed E-state index contributed by atoms with van der Waals surface area (Å²) < 4.78 is 0. The van der Waals surface area contributed by atoms with Crippen molar-refractivity contribution < 1.29 is 9.59 Å². The zero-order valence-electron chi connectivity index (χ0n) is 11.1. The van der Waals surface area contributed by atoms with Crippen LogP contribution in [0.15, 0.2) is 36.4 Å². The number of halogens is 2. The summed E-state index contributed by atoms with van der Waals surface area (Å²) in [6.45, 7) is 0. The van der Waals surface area contributed by atoms with Crippen molar-refractivity contribution >= 4 is 45.7 Å². The molecule has 0 saturated carbocycles. The number of H-pyrrole nitrogens is 1. The van der Waals surface area contributed by atoms with Crippen LogP contribution in [0.25, 0.3) is 10.9 Å². The summed E-state index contributed by atoms with van der Waals surface area (Å²) in [6, 6.07) is 10.1. The van der Waals surface area contributed by atoms with E-state index in [0.29, 0.717) is 38.9 Å². The van der Waals surface area contributed by atoms with E-state index < -0.39 is 4.84 Å². The average molecular weight is 331 g/mol. The number of rotatable bonds is 1. The molecule has 0 fully saturated rings. The predicted molar refractivity (Wildman–Crippen MR) is 83.8 cm³/mol. The van der Waals surface area contributed by atoms with Gasteiger partial charge in [0.15, 0.2) is 11.6 Å². The Bertz CT molecular complexity index is 960. The Hall–Kier alpha value is -2.17. The number of nitrogens with one attached hydrogen (secondary N) is 1. The molecular weight excluding hydrogens is 323 g/mol. The van der Waals surface area contributed by atoms with E-state index >= 15 is 0 Å². The van der Waals surface area contributed by atoms with Crippen LogP contribution < -0.4 is 0 Å². The number of aromatic nitrogens is 2. The van der Waals surface area contributed by atoms with E-state index in [2.05, 4.69) is 10.2 Å². The minimum Gasteiger partial charge on any atom is -0.289 e. The zero-order chi connectivity index (χ0) is 15.4. The van der Waals surface area contributed by atoms with Gasteiger partial charge in [0.05, 0.1) is 11.3 Å².